The molecule has 9 nitrogen and oxygen atoms in total. The van der Waals surface area contributed by atoms with Gasteiger partial charge in [-0.05, 0) is 44.0 Å². The zero-order valence-corrected chi connectivity index (χ0v) is 22.5. The lowest BCUT2D eigenvalue weighted by molar-refractivity contribution is -0.138. The molecule has 40 heavy (non-hydrogen) atoms. The lowest BCUT2D eigenvalue weighted by atomic mass is 9.93. The van der Waals surface area contributed by atoms with Crippen LogP contribution in [0.3, 0.4) is 0 Å². The summed E-state index contributed by atoms with van der Waals surface area (Å²) >= 11 is 0. The van der Waals surface area contributed by atoms with Gasteiger partial charge in [-0.1, -0.05) is 24.3 Å². The van der Waals surface area contributed by atoms with E-state index in [9.17, 15) is 27.9 Å². The predicted octanol–water partition coefficient (Wildman–Crippen LogP) is 4.53. The van der Waals surface area contributed by atoms with E-state index in [1.165, 1.54) is 41.9 Å². The van der Waals surface area contributed by atoms with Crippen LogP contribution in [0.4, 0.5) is 13.2 Å². The number of hydrogen-bond acceptors (Lipinski definition) is 7. The summed E-state index contributed by atoms with van der Waals surface area (Å²) in [5.41, 5.74) is -2.11. The average molecular weight is 562 g/mol. The van der Waals surface area contributed by atoms with Crippen molar-refractivity contribution < 1.29 is 37.3 Å². The number of ether oxygens (including phenoxy) is 3. The molecule has 2 aromatic carbocycles. The summed E-state index contributed by atoms with van der Waals surface area (Å²) < 4.78 is 58.6. The number of aromatic hydroxyl groups is 1. The van der Waals surface area contributed by atoms with E-state index in [4.69, 9.17) is 14.2 Å². The van der Waals surface area contributed by atoms with Crippen LogP contribution < -0.4 is 15.0 Å². The molecule has 1 aliphatic rings. The number of carbonyl (C=O) groups excluding carboxylic acids is 1. The molecule has 1 saturated heterocycles. The van der Waals surface area contributed by atoms with Crippen LogP contribution in [0.5, 0.6) is 17.4 Å². The molecule has 3 aromatic rings. The molecule has 2 heterocycles. The van der Waals surface area contributed by atoms with Gasteiger partial charge in [0.25, 0.3) is 11.5 Å². The normalized spacial score (nSPS) is 15.5. The zero-order chi connectivity index (χ0) is 29.2. The van der Waals surface area contributed by atoms with E-state index in [1.54, 1.807) is 32.0 Å². The largest absolute Gasteiger partial charge is 0.494 e. The molecule has 0 unspecified atom stereocenters. The van der Waals surface area contributed by atoms with Gasteiger partial charge in [0.15, 0.2) is 5.56 Å². The molecule has 1 aromatic heterocycles. The quantitative estimate of drug-likeness (QED) is 0.431. The van der Waals surface area contributed by atoms with Gasteiger partial charge in [0, 0.05) is 19.0 Å². The van der Waals surface area contributed by atoms with Gasteiger partial charge in [-0.25, -0.2) is 0 Å². The van der Waals surface area contributed by atoms with E-state index in [-0.39, 0.29) is 60.8 Å². The number of likely N-dealkylation sites (tertiary alicyclic amines) is 1. The summed E-state index contributed by atoms with van der Waals surface area (Å²) in [5, 5.41) is 11.4. The zero-order valence-electron chi connectivity index (χ0n) is 22.5. The Morgan fingerprint density at radius 3 is 2.35 bits per heavy atom. The molecule has 0 aliphatic carbocycles. The van der Waals surface area contributed by atoms with E-state index >= 15 is 0 Å². The van der Waals surface area contributed by atoms with Crippen LogP contribution in [0.2, 0.25) is 0 Å². The third kappa shape index (κ3) is 5.62. The van der Waals surface area contributed by atoms with Crippen LogP contribution in [-0.4, -0.2) is 58.9 Å². The molecule has 12 heteroatoms. The van der Waals surface area contributed by atoms with Gasteiger partial charge in [-0.3, -0.25) is 14.2 Å². The van der Waals surface area contributed by atoms with Crippen molar-refractivity contribution in [3.63, 3.8) is 0 Å². The lowest BCUT2D eigenvalue weighted by Gasteiger charge is -2.23. The maximum absolute atomic E-state index is 13.6. The molecular formula is C28H30F3N3O6. The van der Waals surface area contributed by atoms with E-state index in [1.807, 2.05) is 0 Å². The molecular weight excluding hydrogens is 531 g/mol. The first-order valence-electron chi connectivity index (χ1n) is 12.6. The first kappa shape index (κ1) is 28.9. The van der Waals surface area contributed by atoms with Gasteiger partial charge in [0.1, 0.15) is 29.6 Å². The van der Waals surface area contributed by atoms with Crippen molar-refractivity contribution >= 4 is 5.91 Å². The van der Waals surface area contributed by atoms with Crippen LogP contribution >= 0.6 is 0 Å². The highest BCUT2D eigenvalue weighted by atomic mass is 19.4. The number of para-hydroxylation sites is 1. The number of rotatable bonds is 8. The molecule has 0 spiro atoms. The van der Waals surface area contributed by atoms with Crippen molar-refractivity contribution in [3.05, 3.63) is 75.3 Å². The Morgan fingerprint density at radius 2 is 1.75 bits per heavy atom. The van der Waals surface area contributed by atoms with Gasteiger partial charge in [0.2, 0.25) is 5.88 Å². The maximum Gasteiger partial charge on any atom is 0.416 e. The number of methoxy groups -OCH3 is 2. The molecule has 0 bridgehead atoms. The number of amides is 1. The van der Waals surface area contributed by atoms with Crippen LogP contribution in [0, 0.1) is 0 Å². The second-order valence-electron chi connectivity index (χ2n) is 9.56. The first-order valence-corrected chi connectivity index (χ1v) is 12.6. The Kier molecular flexibility index (Phi) is 8.38. The van der Waals surface area contributed by atoms with E-state index in [0.29, 0.717) is 0 Å². The van der Waals surface area contributed by atoms with Crippen molar-refractivity contribution in [2.24, 2.45) is 0 Å². The van der Waals surface area contributed by atoms with Gasteiger partial charge in [-0.2, -0.15) is 18.2 Å². The number of alkyl halides is 3. The standard InChI is InChI=1S/C28H30F3N3O6/c1-16(2)40-15-22-32-25(35)23(27(37)34(22)24-20(38-3)10-7-11-21(24)39-4)26(36)33-13-12-17(14-33)18-8-5-6-9-19(18)28(29,30)31/h5-11,16-17,37H,12-15H2,1-4H3/t17-/m1/s1. The Labute approximate surface area is 228 Å². The highest BCUT2D eigenvalue weighted by Gasteiger charge is 2.39. The van der Waals surface area contributed by atoms with Crippen LogP contribution in [-0.2, 0) is 17.5 Å². The smallest absolute Gasteiger partial charge is 0.416 e. The van der Waals surface area contributed by atoms with E-state index < -0.39 is 40.6 Å². The van der Waals surface area contributed by atoms with Gasteiger partial charge < -0.3 is 24.2 Å². The fourth-order valence-corrected chi connectivity index (χ4v) is 4.83. The third-order valence-electron chi connectivity index (χ3n) is 6.70. The van der Waals surface area contributed by atoms with Gasteiger partial charge in [0.05, 0.1) is 25.9 Å². The SMILES string of the molecule is COc1cccc(OC)c1-n1c(COC(C)C)nc(=O)c(C(=O)N2CC[C@@H](c3ccccc3C(F)(F)F)C2)c1O. The summed E-state index contributed by atoms with van der Waals surface area (Å²) in [4.78, 5) is 32.1. The second kappa shape index (κ2) is 11.6. The number of benzene rings is 2. The summed E-state index contributed by atoms with van der Waals surface area (Å²) in [5.74, 6) is -1.65. The molecule has 1 fully saturated rings. The molecule has 0 saturated carbocycles. The molecule has 0 radical (unpaired) electrons. The minimum atomic E-state index is -4.55. The minimum absolute atomic E-state index is 0.00560. The fourth-order valence-electron chi connectivity index (χ4n) is 4.83. The van der Waals surface area contributed by atoms with Crippen LogP contribution in [0.1, 0.15) is 53.5 Å². The molecule has 1 N–H and O–H groups in total. The highest BCUT2D eigenvalue weighted by molar-refractivity contribution is 5.96. The first-order chi connectivity index (χ1) is 19.0. The molecule has 214 valence electrons. The number of nitrogens with zero attached hydrogens (tertiary/aromatic N) is 3. The molecule has 1 atom stereocenters. The Hall–Kier alpha value is -4.06. The van der Waals surface area contributed by atoms with Crippen LogP contribution in [0.25, 0.3) is 5.69 Å². The Morgan fingerprint density at radius 1 is 1.10 bits per heavy atom. The predicted molar refractivity (Wildman–Crippen MR) is 139 cm³/mol. The lowest BCUT2D eigenvalue weighted by Crippen LogP contribution is -2.35. The number of hydrogen-bond donors (Lipinski definition) is 1. The monoisotopic (exact) mass is 561 g/mol. The maximum atomic E-state index is 13.6. The van der Waals surface area contributed by atoms with Gasteiger partial charge >= 0.3 is 6.18 Å². The van der Waals surface area contributed by atoms with E-state index in [2.05, 4.69) is 4.98 Å². The van der Waals surface area contributed by atoms with Crippen molar-refractivity contribution in [2.45, 2.75) is 45.1 Å². The summed E-state index contributed by atoms with van der Waals surface area (Å²) in [7, 11) is 2.82. The van der Waals surface area contributed by atoms with Crippen LogP contribution in [0.15, 0.2) is 47.3 Å². The molecule has 1 amide bonds. The summed E-state index contributed by atoms with van der Waals surface area (Å²) in [6.07, 6.45) is -4.54. The van der Waals surface area contributed by atoms with Crippen molar-refractivity contribution in [1.29, 1.82) is 0 Å². The number of halogens is 3. The minimum Gasteiger partial charge on any atom is -0.494 e. The summed E-state index contributed by atoms with van der Waals surface area (Å²) in [6, 6.07) is 10.1. The Bertz CT molecular complexity index is 1430. The topological polar surface area (TPSA) is 103 Å². The van der Waals surface area contributed by atoms with Crippen molar-refractivity contribution in [3.8, 4) is 23.1 Å². The van der Waals surface area contributed by atoms with E-state index in [0.717, 1.165) is 6.07 Å². The summed E-state index contributed by atoms with van der Waals surface area (Å²) in [6.45, 7) is 3.40. The highest BCUT2D eigenvalue weighted by Crippen LogP contribution is 2.40. The van der Waals surface area contributed by atoms with Crippen molar-refractivity contribution in [1.82, 2.24) is 14.5 Å². The fraction of sp³-hybridized carbons (Fsp3) is 0.393. The Balaban J connectivity index is 1.79. The number of aromatic nitrogens is 2. The average Bonchev–Trinajstić information content (AvgIpc) is 3.41. The second-order valence-corrected chi connectivity index (χ2v) is 9.56. The van der Waals surface area contributed by atoms with Crippen molar-refractivity contribution in [2.75, 3.05) is 27.3 Å². The van der Waals surface area contributed by atoms with Gasteiger partial charge in [-0.15, -0.1) is 0 Å². The number of carbonyl (C=O) groups is 1. The third-order valence-corrected chi connectivity index (χ3v) is 6.70. The molecule has 4 rings (SSSR count). The molecule has 1 aliphatic heterocycles.